The monoisotopic (exact) mass is 229 g/mol. The molecular weight excluding hydrogens is 214 g/mol. The summed E-state index contributed by atoms with van der Waals surface area (Å²) in [5.41, 5.74) is 5.34. The molecule has 1 saturated heterocycles. The number of likely N-dealkylation sites (N-methyl/N-ethyl adjacent to an activating group) is 1. The van der Waals surface area contributed by atoms with E-state index < -0.39 is 0 Å². The molecule has 1 rings (SSSR count). The third-order valence-electron chi connectivity index (χ3n) is 2.29. The summed E-state index contributed by atoms with van der Waals surface area (Å²) in [5.74, 6) is -0.127. The number of hydrogen-bond acceptors (Lipinski definition) is 3. The van der Waals surface area contributed by atoms with Crippen molar-refractivity contribution in [1.29, 1.82) is 0 Å². The van der Waals surface area contributed by atoms with Crippen molar-refractivity contribution in [2.75, 3.05) is 20.1 Å². The summed E-state index contributed by atoms with van der Waals surface area (Å²) in [5, 5.41) is 0. The topological polar surface area (TPSA) is 66.6 Å². The summed E-state index contributed by atoms with van der Waals surface area (Å²) < 4.78 is 0. The van der Waals surface area contributed by atoms with Crippen LogP contribution in [0.25, 0.3) is 0 Å². The van der Waals surface area contributed by atoms with Crippen LogP contribution in [-0.2, 0) is 4.79 Å². The predicted molar refractivity (Wildman–Crippen MR) is 60.4 cm³/mol. The molecule has 1 fully saturated rings. The lowest BCUT2D eigenvalue weighted by atomic mass is 10.2. The van der Waals surface area contributed by atoms with Crippen LogP contribution < -0.4 is 5.73 Å². The molecule has 0 aliphatic carbocycles. The SMILES string of the molecule is CN1CC(=O)N(CCCCC(N)=S)C1=O. The lowest BCUT2D eigenvalue weighted by Crippen LogP contribution is -2.32. The molecule has 1 heterocycles. The number of unbranched alkanes of at least 4 members (excludes halogenated alkanes) is 1. The van der Waals surface area contributed by atoms with Crippen LogP contribution in [0.5, 0.6) is 0 Å². The Morgan fingerprint density at radius 1 is 1.47 bits per heavy atom. The molecule has 5 nitrogen and oxygen atoms in total. The number of rotatable bonds is 5. The smallest absolute Gasteiger partial charge is 0.326 e. The minimum Gasteiger partial charge on any atom is -0.393 e. The molecule has 0 spiro atoms. The fourth-order valence-electron chi connectivity index (χ4n) is 1.46. The zero-order valence-corrected chi connectivity index (χ0v) is 9.55. The van der Waals surface area contributed by atoms with Crippen LogP contribution in [0.1, 0.15) is 19.3 Å². The van der Waals surface area contributed by atoms with Crippen molar-refractivity contribution in [2.45, 2.75) is 19.3 Å². The maximum absolute atomic E-state index is 11.4. The fraction of sp³-hybridized carbons (Fsp3) is 0.667. The van der Waals surface area contributed by atoms with Crippen LogP contribution >= 0.6 is 12.2 Å². The second-order valence-electron chi connectivity index (χ2n) is 3.61. The Hall–Kier alpha value is -1.17. The van der Waals surface area contributed by atoms with Crippen molar-refractivity contribution in [1.82, 2.24) is 9.80 Å². The molecule has 15 heavy (non-hydrogen) atoms. The molecule has 1 aliphatic heterocycles. The standard InChI is InChI=1S/C9H15N3O2S/c1-11-6-8(13)12(9(11)14)5-3-2-4-7(10)15/h2-6H2,1H3,(H2,10,15). The second-order valence-corrected chi connectivity index (χ2v) is 4.13. The molecule has 0 bridgehead atoms. The van der Waals surface area contributed by atoms with Crippen LogP contribution in [-0.4, -0.2) is 46.9 Å². The minimum atomic E-state index is -0.213. The molecule has 0 radical (unpaired) electrons. The first-order valence-corrected chi connectivity index (χ1v) is 5.27. The Kier molecular flexibility index (Phi) is 4.02. The number of nitrogens with two attached hydrogens (primary N) is 1. The Morgan fingerprint density at radius 3 is 2.60 bits per heavy atom. The first-order chi connectivity index (χ1) is 7.02. The Morgan fingerprint density at radius 2 is 2.13 bits per heavy atom. The van der Waals surface area contributed by atoms with Gasteiger partial charge < -0.3 is 10.6 Å². The van der Waals surface area contributed by atoms with E-state index in [1.807, 2.05) is 0 Å². The average molecular weight is 229 g/mol. The van der Waals surface area contributed by atoms with E-state index in [0.717, 1.165) is 12.8 Å². The van der Waals surface area contributed by atoms with Gasteiger partial charge in [0.05, 0.1) is 4.99 Å². The van der Waals surface area contributed by atoms with Gasteiger partial charge in [-0.3, -0.25) is 9.69 Å². The maximum Gasteiger partial charge on any atom is 0.326 e. The van der Waals surface area contributed by atoms with Crippen LogP contribution in [0.3, 0.4) is 0 Å². The quantitative estimate of drug-likeness (QED) is 0.419. The van der Waals surface area contributed by atoms with Crippen LogP contribution in [0.2, 0.25) is 0 Å². The average Bonchev–Trinajstić information content (AvgIpc) is 2.37. The molecule has 6 heteroatoms. The van der Waals surface area contributed by atoms with Gasteiger partial charge in [-0.05, 0) is 19.3 Å². The lowest BCUT2D eigenvalue weighted by Gasteiger charge is -2.13. The van der Waals surface area contributed by atoms with Gasteiger partial charge in [0.15, 0.2) is 0 Å². The van der Waals surface area contributed by atoms with Gasteiger partial charge in [-0.25, -0.2) is 4.79 Å². The van der Waals surface area contributed by atoms with Crippen LogP contribution in [0.15, 0.2) is 0 Å². The van der Waals surface area contributed by atoms with E-state index in [1.165, 1.54) is 9.80 Å². The minimum absolute atomic E-state index is 0.127. The van der Waals surface area contributed by atoms with Crippen LogP contribution in [0, 0.1) is 0 Å². The van der Waals surface area contributed by atoms with Crippen LogP contribution in [0.4, 0.5) is 4.79 Å². The first kappa shape index (κ1) is 11.9. The molecule has 1 aliphatic rings. The number of amides is 3. The molecular formula is C9H15N3O2S. The molecule has 2 N–H and O–H groups in total. The summed E-state index contributed by atoms with van der Waals surface area (Å²) in [6.07, 6.45) is 2.24. The van der Waals surface area contributed by atoms with Crippen molar-refractivity contribution in [2.24, 2.45) is 5.73 Å². The molecule has 0 aromatic carbocycles. The number of nitrogens with zero attached hydrogens (tertiary/aromatic N) is 2. The van der Waals surface area contributed by atoms with E-state index >= 15 is 0 Å². The van der Waals surface area contributed by atoms with E-state index in [2.05, 4.69) is 0 Å². The van der Waals surface area contributed by atoms with Crippen molar-refractivity contribution < 1.29 is 9.59 Å². The molecule has 0 aromatic rings. The third-order valence-corrected chi connectivity index (χ3v) is 2.49. The highest BCUT2D eigenvalue weighted by atomic mass is 32.1. The largest absolute Gasteiger partial charge is 0.393 e. The van der Waals surface area contributed by atoms with Crippen molar-refractivity contribution >= 4 is 29.1 Å². The number of hydrogen-bond donors (Lipinski definition) is 1. The number of imide groups is 1. The normalized spacial score (nSPS) is 16.3. The molecule has 84 valence electrons. The van der Waals surface area contributed by atoms with E-state index in [0.29, 0.717) is 18.0 Å². The van der Waals surface area contributed by atoms with Gasteiger partial charge in [0.1, 0.15) is 6.54 Å². The highest BCUT2D eigenvalue weighted by Gasteiger charge is 2.32. The Balaban J connectivity index is 2.29. The van der Waals surface area contributed by atoms with E-state index in [1.54, 1.807) is 7.05 Å². The van der Waals surface area contributed by atoms with Gasteiger partial charge in [-0.15, -0.1) is 0 Å². The van der Waals surface area contributed by atoms with Gasteiger partial charge in [-0.1, -0.05) is 12.2 Å². The number of carbonyl (C=O) groups excluding carboxylic acids is 2. The summed E-state index contributed by atoms with van der Waals surface area (Å²) >= 11 is 4.73. The van der Waals surface area contributed by atoms with E-state index in [4.69, 9.17) is 18.0 Å². The molecule has 0 aromatic heterocycles. The van der Waals surface area contributed by atoms with Gasteiger partial charge >= 0.3 is 6.03 Å². The number of thiocarbonyl (C=S) groups is 1. The molecule has 3 amide bonds. The highest BCUT2D eigenvalue weighted by molar-refractivity contribution is 7.80. The number of urea groups is 1. The van der Waals surface area contributed by atoms with Crippen molar-refractivity contribution in [3.63, 3.8) is 0 Å². The third kappa shape index (κ3) is 3.16. The van der Waals surface area contributed by atoms with Gasteiger partial charge in [0, 0.05) is 13.6 Å². The Bertz CT molecular complexity index is 293. The maximum atomic E-state index is 11.4. The van der Waals surface area contributed by atoms with E-state index in [9.17, 15) is 9.59 Å². The van der Waals surface area contributed by atoms with Crippen molar-refractivity contribution in [3.8, 4) is 0 Å². The number of carbonyl (C=O) groups is 2. The Labute approximate surface area is 94.2 Å². The van der Waals surface area contributed by atoms with E-state index in [-0.39, 0.29) is 18.5 Å². The fourth-order valence-corrected chi connectivity index (χ4v) is 1.60. The zero-order chi connectivity index (χ0) is 11.4. The van der Waals surface area contributed by atoms with Gasteiger partial charge in [-0.2, -0.15) is 0 Å². The lowest BCUT2D eigenvalue weighted by molar-refractivity contribution is -0.125. The highest BCUT2D eigenvalue weighted by Crippen LogP contribution is 2.09. The molecule has 0 saturated carbocycles. The first-order valence-electron chi connectivity index (χ1n) is 4.86. The zero-order valence-electron chi connectivity index (χ0n) is 8.73. The summed E-state index contributed by atoms with van der Waals surface area (Å²) in [4.78, 5) is 25.9. The summed E-state index contributed by atoms with van der Waals surface area (Å²) in [6, 6.07) is -0.213. The molecule has 0 unspecified atom stereocenters. The van der Waals surface area contributed by atoms with Gasteiger partial charge in [0.25, 0.3) is 0 Å². The van der Waals surface area contributed by atoms with Gasteiger partial charge in [0.2, 0.25) is 5.91 Å². The van der Waals surface area contributed by atoms with Crippen molar-refractivity contribution in [3.05, 3.63) is 0 Å². The summed E-state index contributed by atoms with van der Waals surface area (Å²) in [7, 11) is 1.62. The predicted octanol–water partition coefficient (Wildman–Crippen LogP) is 0.337. The molecule has 0 atom stereocenters. The second kappa shape index (κ2) is 5.06. The summed E-state index contributed by atoms with van der Waals surface area (Å²) in [6.45, 7) is 0.652.